The van der Waals surface area contributed by atoms with Crippen LogP contribution in [0.3, 0.4) is 0 Å². The highest BCUT2D eigenvalue weighted by atomic mass is 32.2. The third-order valence-electron chi connectivity index (χ3n) is 20.9. The van der Waals surface area contributed by atoms with Gasteiger partial charge in [0.15, 0.2) is 0 Å². The Labute approximate surface area is 702 Å². The molecule has 0 radical (unpaired) electrons. The molecule has 0 fully saturated rings. The van der Waals surface area contributed by atoms with E-state index in [1.165, 1.54) is 50.6 Å². The molecule has 14 rings (SSSR count). The number of hydrogen-bond donors (Lipinski definition) is 0. The van der Waals surface area contributed by atoms with Crippen molar-refractivity contribution in [3.63, 3.8) is 0 Å². The number of nitrogens with zero attached hydrogens (tertiary/aromatic N) is 4. The molecule has 121 heavy (non-hydrogen) atoms. The standard InChI is InChI=1S/C36H42N2O4.C23H16O5S.C22H13NO3S.C17H11NO4S/c1-7-11-17-25(9-3)23-41-35(39)33(37-5)31-27-19-13-15-21-29(27)32(30-22-16-14-20-28(30)31)34(38-6)36(40)42-24-26(10-4)18-12-8-2;1-28-23(25)21(22(24)15-9-3-2-4-10-15)20-16-11-5-7-13-18(16)29(26,27)19-14-8-6-12-17(19)20;23-14-18(22(24)15-8-2-1-3-9-15)21-16-10-4-6-12-19(16)27(25,26)20-13-7-5-11-17(20)21;1-18-16(17(19)22-2)15-11-7-3-5-9-13(11)23(20,21)14-10-6-4-8-12(14)15/h13-16,19-22,25-26H,7-12,17-18,23-24H2,1-4H3;2-14H,1H3;1-13H;3-10H,2H3. The summed E-state index contributed by atoms with van der Waals surface area (Å²) in [5, 5.41) is 13.1. The highest BCUT2D eigenvalue weighted by molar-refractivity contribution is 7.92. The summed E-state index contributed by atoms with van der Waals surface area (Å²) in [6.45, 7) is 32.3. The lowest BCUT2D eigenvalue weighted by atomic mass is 9.88. The van der Waals surface area contributed by atoms with E-state index in [4.69, 9.17) is 33.9 Å². The highest BCUT2D eigenvalue weighted by Gasteiger charge is 2.40. The lowest BCUT2D eigenvalue weighted by Gasteiger charge is -2.24. The van der Waals surface area contributed by atoms with E-state index in [2.05, 4.69) is 47.0 Å². The normalized spacial score (nSPS) is 13.3. The van der Waals surface area contributed by atoms with Crippen LogP contribution < -0.4 is 10.4 Å². The number of nitriles is 1. The quantitative estimate of drug-likeness (QED) is 0.00789. The lowest BCUT2D eigenvalue weighted by molar-refractivity contribution is -0.138. The second-order valence-corrected chi connectivity index (χ2v) is 33.8. The number of Topliss-reactive ketones (excluding diaryl/α,β-unsaturated/α-hetero) is 2. The molecule has 3 aliphatic rings. The molecule has 23 heteroatoms. The second kappa shape index (κ2) is 39.5. The van der Waals surface area contributed by atoms with Gasteiger partial charge in [0.1, 0.15) is 17.2 Å². The molecular weight excluding hydrogens is 1590 g/mol. The molecule has 0 bridgehead atoms. The zero-order chi connectivity index (χ0) is 86.7. The van der Waals surface area contributed by atoms with Gasteiger partial charge in [-0.25, -0.2) is 44.6 Å². The van der Waals surface area contributed by atoms with Crippen LogP contribution in [0.4, 0.5) is 0 Å². The highest BCUT2D eigenvalue weighted by Crippen LogP contribution is 2.47. The van der Waals surface area contributed by atoms with Gasteiger partial charge in [-0.15, -0.1) is 0 Å². The summed E-state index contributed by atoms with van der Waals surface area (Å²) in [4.78, 5) is 89.0. The average molecular weight is 1670 g/mol. The summed E-state index contributed by atoms with van der Waals surface area (Å²) in [5.41, 5.74) is 2.89. The van der Waals surface area contributed by atoms with Crippen LogP contribution in [0.2, 0.25) is 0 Å². The van der Waals surface area contributed by atoms with Gasteiger partial charge in [0.05, 0.1) is 76.5 Å². The zero-order valence-electron chi connectivity index (χ0n) is 67.0. The smallest absolute Gasteiger partial charge is 0.342 e. The Hall–Kier alpha value is -14.1. The largest absolute Gasteiger partial charge is 0.474 e. The van der Waals surface area contributed by atoms with Crippen LogP contribution >= 0.6 is 0 Å². The van der Waals surface area contributed by atoms with Gasteiger partial charge in [0, 0.05) is 60.5 Å². The van der Waals surface area contributed by atoms with Gasteiger partial charge in [-0.2, -0.15) is 5.26 Å². The summed E-state index contributed by atoms with van der Waals surface area (Å²) < 4.78 is 98.8. The van der Waals surface area contributed by atoms with Gasteiger partial charge in [-0.1, -0.05) is 285 Å². The molecular formula is C98H82N4O16S3. The van der Waals surface area contributed by atoms with Crippen LogP contribution in [0, 0.1) is 42.9 Å². The maximum atomic E-state index is 13.4. The van der Waals surface area contributed by atoms with Gasteiger partial charge in [0.2, 0.25) is 41.1 Å². The molecule has 3 aliphatic heterocycles. The van der Waals surface area contributed by atoms with Crippen molar-refractivity contribution < 1.29 is 73.0 Å². The third kappa shape index (κ3) is 18.0. The second-order valence-electron chi connectivity index (χ2n) is 28.1. The number of hydrogen-bond acceptors (Lipinski definition) is 17. The van der Waals surface area contributed by atoms with Crippen molar-refractivity contribution in [1.82, 2.24) is 0 Å². The number of carbonyl (C=O) groups excluding carboxylic acids is 6. The van der Waals surface area contributed by atoms with E-state index in [1.54, 1.807) is 170 Å². The van der Waals surface area contributed by atoms with E-state index in [0.29, 0.717) is 82.1 Å². The number of allylic oxidation sites excluding steroid dienone is 1. The van der Waals surface area contributed by atoms with E-state index < -0.39 is 65.0 Å². The number of ether oxygens (including phenoxy) is 4. The number of sulfone groups is 3. The first-order chi connectivity index (χ1) is 58.5. The number of unbranched alkanes of at least 4 members (excludes halogenated alkanes) is 2. The van der Waals surface area contributed by atoms with Crippen LogP contribution in [0.15, 0.2) is 301 Å². The van der Waals surface area contributed by atoms with Crippen LogP contribution in [0.25, 0.3) is 64.2 Å². The molecule has 2 atom stereocenters. The first-order valence-corrected chi connectivity index (χ1v) is 43.4. The number of methoxy groups -OCH3 is 2. The number of esters is 4. The predicted octanol–water partition coefficient (Wildman–Crippen LogP) is 18.0. The SMILES string of the molecule is COC(=O)C(C(=O)c1ccccc1)=C1c2ccccc2S(=O)(=O)c2ccccc21.N#CC(C(=O)c1ccccc1)=C1c2ccccc2S(=O)(=O)c2ccccc21.[C-]#[N+]C(C(=O)OC)=C1c2ccccc2S(=O)(=O)c2ccccc21.[C-]#[N+]C(C(=O)OCC(CC)CCCC)=c1c2ccccc2c(=C([N+]#[C-])C(=O)OCC(CC)CCCC)c2ccccc12. The van der Waals surface area contributed by atoms with E-state index >= 15 is 0 Å². The number of carbonyl (C=O) groups is 6. The minimum atomic E-state index is -3.79. The fourth-order valence-electron chi connectivity index (χ4n) is 14.8. The molecule has 11 aromatic carbocycles. The van der Waals surface area contributed by atoms with Crippen LogP contribution in [-0.2, 0) is 67.6 Å². The number of ketones is 2. The Balaban J connectivity index is 0.000000161. The molecule has 11 aromatic rings. The van der Waals surface area contributed by atoms with Gasteiger partial charge < -0.3 is 18.9 Å². The Kier molecular flexibility index (Phi) is 28.6. The lowest BCUT2D eigenvalue weighted by Crippen LogP contribution is -2.24. The summed E-state index contributed by atoms with van der Waals surface area (Å²) >= 11 is 0. The number of rotatable bonds is 20. The predicted molar refractivity (Wildman–Crippen MR) is 460 cm³/mol. The van der Waals surface area contributed by atoms with Crippen LogP contribution in [0.1, 0.15) is 133 Å². The van der Waals surface area contributed by atoms with Gasteiger partial charge in [0.25, 0.3) is 17.1 Å². The van der Waals surface area contributed by atoms with Crippen molar-refractivity contribution in [3.05, 3.63) is 361 Å². The molecule has 0 saturated heterocycles. The van der Waals surface area contributed by atoms with Crippen molar-refractivity contribution >= 4 is 115 Å². The number of fused-ring (bicyclic) bond motifs is 8. The minimum absolute atomic E-state index is 0.0518. The van der Waals surface area contributed by atoms with Crippen molar-refractivity contribution in [3.8, 4) is 6.07 Å². The van der Waals surface area contributed by atoms with E-state index in [0.717, 1.165) is 51.4 Å². The Bertz CT molecular complexity index is 6390. The van der Waals surface area contributed by atoms with E-state index in [-0.39, 0.29) is 93.8 Å². The summed E-state index contributed by atoms with van der Waals surface area (Å²) in [7, 11) is -8.83. The number of benzene rings is 11. The minimum Gasteiger partial charge on any atom is -0.474 e. The average Bonchev–Trinajstić information content (AvgIpc) is 0.717. The maximum Gasteiger partial charge on any atom is 0.342 e. The van der Waals surface area contributed by atoms with E-state index in [9.17, 15) is 59.3 Å². The van der Waals surface area contributed by atoms with Gasteiger partial charge in [-0.3, -0.25) is 24.0 Å². The maximum absolute atomic E-state index is 13.4. The van der Waals surface area contributed by atoms with Gasteiger partial charge in [-0.05, 0) is 93.7 Å². The molecule has 608 valence electrons. The molecule has 0 aliphatic carbocycles. The molecule has 0 aromatic heterocycles. The van der Waals surface area contributed by atoms with Crippen LogP contribution in [-0.4, -0.2) is 88.1 Å². The fraction of sp³-hybridized carbons (Fsp3) is 0.184. The Morgan fingerprint density at radius 1 is 0.355 bits per heavy atom. The monoisotopic (exact) mass is 1670 g/mol. The first kappa shape index (κ1) is 87.8. The van der Waals surface area contributed by atoms with E-state index in [1.807, 2.05) is 54.6 Å². The molecule has 20 nitrogen and oxygen atoms in total. The summed E-state index contributed by atoms with van der Waals surface area (Å²) in [5.74, 6) is -3.41. The first-order valence-electron chi connectivity index (χ1n) is 38.9. The zero-order valence-corrected chi connectivity index (χ0v) is 69.5. The van der Waals surface area contributed by atoms with Crippen LogP contribution in [0.5, 0.6) is 0 Å². The molecule has 0 amide bonds. The molecule has 2 unspecified atom stereocenters. The van der Waals surface area contributed by atoms with Crippen molar-refractivity contribution in [2.45, 2.75) is 108 Å². The summed E-state index contributed by atoms with van der Waals surface area (Å²) in [6.07, 6.45) is 7.99. The molecule has 0 spiro atoms. The molecule has 0 saturated carbocycles. The third-order valence-corrected chi connectivity index (χ3v) is 26.5. The topological polar surface area (TPSA) is 279 Å². The Morgan fingerprint density at radius 2 is 0.636 bits per heavy atom. The summed E-state index contributed by atoms with van der Waals surface area (Å²) in [6, 6.07) is 71.8. The van der Waals surface area contributed by atoms with Crippen molar-refractivity contribution in [1.29, 1.82) is 5.26 Å². The molecule has 0 N–H and O–H groups in total. The van der Waals surface area contributed by atoms with Gasteiger partial charge >= 0.3 is 23.9 Å². The van der Waals surface area contributed by atoms with Crippen molar-refractivity contribution in [2.75, 3.05) is 27.4 Å². The fourth-order valence-corrected chi connectivity index (χ4v) is 19.8. The Morgan fingerprint density at radius 3 is 0.926 bits per heavy atom. The molecule has 3 heterocycles. The van der Waals surface area contributed by atoms with Crippen molar-refractivity contribution in [2.24, 2.45) is 11.8 Å².